The Labute approximate surface area is 452 Å². The number of nitrogens with one attached hydrogen (secondary N) is 2. The molecule has 0 bridgehead atoms. The zero-order valence-electron chi connectivity index (χ0n) is 45.3. The van der Waals surface area contributed by atoms with Crippen LogP contribution in [0.25, 0.3) is 44.3 Å². The Bertz CT molecular complexity index is 3540. The van der Waals surface area contributed by atoms with Gasteiger partial charge in [0.05, 0.1) is 59.7 Å². The molecule has 78 heavy (non-hydrogen) atoms. The smallest absolute Gasteiger partial charge is 0.313 e. The van der Waals surface area contributed by atoms with E-state index >= 15 is 0 Å². The van der Waals surface area contributed by atoms with Gasteiger partial charge in [-0.05, 0) is 72.1 Å². The Kier molecular flexibility index (Phi) is 17.1. The maximum Gasteiger partial charge on any atom is 0.313 e. The lowest BCUT2D eigenvalue weighted by Crippen LogP contribution is -2.29. The zero-order chi connectivity index (χ0) is 55.8. The standard InChI is InChI=1S/C27H29N9O3.C27H31N9O.CH4O/c1-33(2)11-12-34(3)25-23(36(37)38)13-21(26(32-25)39-4)30-27-29-15-17(14-28)24(31-27)20-16-35(18-9-10-18)22-8-6-5-7-19(20)22;1-34(2)11-12-35(3)25-21(29)13-22(26(33-25)37-4)31-27-30-15-17(14-28)24(32-27)20-16-36(18-9-10-18)23-8-6-5-7-19(20)23;1-2/h5-8,13,15-16,18H,9-12H2,1-4H3,(H,29,30,31);5-8,13,15-16,18H,9-12,29H2,1-4H3,(H,30,31,32);2H,1H3. The first-order chi connectivity index (χ1) is 37.7. The SMILES string of the molecule is CO.COc1nc(N(C)CCN(C)C)c(N)cc1Nc1ncc(C#N)c(-c2cn(C3CC3)c3ccccc23)n1.COc1nc(N(C)CCN(C)C)c([N+](=O)[O-])cc1Nc1ncc(C#N)c(-c2cn(C3CC3)c3ccccc23)n1. The van der Waals surface area contributed by atoms with Crippen LogP contribution in [0.3, 0.4) is 0 Å². The highest BCUT2D eigenvalue weighted by atomic mass is 16.6. The van der Waals surface area contributed by atoms with Crippen LogP contribution in [-0.4, -0.2) is 149 Å². The second kappa shape index (κ2) is 24.2. The van der Waals surface area contributed by atoms with Crippen LogP contribution < -0.4 is 35.6 Å². The zero-order valence-corrected chi connectivity index (χ0v) is 45.3. The molecule has 0 aliphatic heterocycles. The largest absolute Gasteiger partial charge is 0.479 e. The number of rotatable bonds is 19. The number of nitrogens with zero attached hydrogens (tertiary/aromatic N) is 15. The summed E-state index contributed by atoms with van der Waals surface area (Å²) in [6.07, 6.45) is 11.7. The fourth-order valence-corrected chi connectivity index (χ4v) is 8.90. The molecule has 2 fully saturated rings. The molecule has 2 saturated carbocycles. The quantitative estimate of drug-likeness (QED) is 0.0441. The van der Waals surface area contributed by atoms with Crippen LogP contribution in [0.15, 0.2) is 85.5 Å². The molecule has 0 saturated heterocycles. The Balaban J connectivity index is 0.000000200. The number of aliphatic hydroxyl groups is 1. The third-order valence-electron chi connectivity index (χ3n) is 13.2. The van der Waals surface area contributed by atoms with Crippen LogP contribution in [-0.2, 0) is 0 Å². The number of nitrogen functional groups attached to an aromatic ring is 1. The van der Waals surface area contributed by atoms with Gasteiger partial charge in [0.15, 0.2) is 5.82 Å². The molecule has 10 rings (SSSR count). The number of ether oxygens (including phenoxy) is 2. The summed E-state index contributed by atoms with van der Waals surface area (Å²) in [4.78, 5) is 46.5. The minimum Gasteiger partial charge on any atom is -0.479 e. The minimum absolute atomic E-state index is 0.159. The molecule has 8 aromatic rings. The van der Waals surface area contributed by atoms with E-state index in [1.54, 1.807) is 31.3 Å². The lowest BCUT2D eigenvalue weighted by atomic mass is 10.1. The number of fused-ring (bicyclic) bond motifs is 2. The van der Waals surface area contributed by atoms with Crippen LogP contribution in [0.4, 0.5) is 46.3 Å². The van der Waals surface area contributed by atoms with Crippen LogP contribution in [0, 0.1) is 32.8 Å². The first-order valence-electron chi connectivity index (χ1n) is 25.2. The van der Waals surface area contributed by atoms with Crippen molar-refractivity contribution in [1.82, 2.24) is 48.8 Å². The number of benzene rings is 2. The van der Waals surface area contributed by atoms with E-state index in [4.69, 9.17) is 25.3 Å². The highest BCUT2D eigenvalue weighted by Crippen LogP contribution is 2.44. The first kappa shape index (κ1) is 55.1. The van der Waals surface area contributed by atoms with E-state index in [0.29, 0.717) is 76.7 Å². The number of anilines is 7. The summed E-state index contributed by atoms with van der Waals surface area (Å²) in [5, 5.41) is 46.9. The number of pyridine rings is 2. The normalized spacial score (nSPS) is 12.7. The molecule has 0 spiro atoms. The Hall–Kier alpha value is -9.16. The molecule has 2 aliphatic rings. The fraction of sp³-hybridized carbons (Fsp3) is 0.345. The van der Waals surface area contributed by atoms with Crippen molar-refractivity contribution in [3.63, 3.8) is 0 Å². The third kappa shape index (κ3) is 12.1. The van der Waals surface area contributed by atoms with E-state index in [0.717, 1.165) is 78.8 Å². The number of likely N-dealkylation sites (N-methyl/N-ethyl adjacent to an activating group) is 4. The second-order valence-electron chi connectivity index (χ2n) is 19.3. The van der Waals surface area contributed by atoms with Gasteiger partial charge in [0.25, 0.3) is 0 Å². The van der Waals surface area contributed by atoms with Crippen molar-refractivity contribution in [1.29, 1.82) is 10.5 Å². The highest BCUT2D eigenvalue weighted by Gasteiger charge is 2.30. The minimum atomic E-state index is -0.475. The van der Waals surface area contributed by atoms with Gasteiger partial charge in [0, 0.05) is 111 Å². The lowest BCUT2D eigenvalue weighted by molar-refractivity contribution is -0.384. The van der Waals surface area contributed by atoms with Gasteiger partial charge in [-0.3, -0.25) is 10.1 Å². The molecule has 0 radical (unpaired) electrons. The predicted molar refractivity (Wildman–Crippen MR) is 303 cm³/mol. The van der Waals surface area contributed by atoms with Gasteiger partial charge >= 0.3 is 5.69 Å². The summed E-state index contributed by atoms with van der Waals surface area (Å²) < 4.78 is 15.6. The van der Waals surface area contributed by atoms with E-state index in [1.807, 2.05) is 81.6 Å². The first-order valence-corrected chi connectivity index (χ1v) is 25.2. The van der Waals surface area contributed by atoms with Gasteiger partial charge in [-0.2, -0.15) is 20.5 Å². The number of hydrogen-bond donors (Lipinski definition) is 4. The molecule has 0 amide bonds. The Morgan fingerprint density at radius 1 is 0.679 bits per heavy atom. The summed E-state index contributed by atoms with van der Waals surface area (Å²) in [5.74, 6) is 1.85. The molecule has 0 atom stereocenters. The number of nitriles is 2. The second-order valence-corrected chi connectivity index (χ2v) is 19.3. The van der Waals surface area contributed by atoms with Crippen molar-refractivity contribution >= 4 is 68.1 Å². The van der Waals surface area contributed by atoms with Gasteiger partial charge in [0.2, 0.25) is 29.5 Å². The average molecular weight is 1060 g/mol. The van der Waals surface area contributed by atoms with E-state index in [-0.39, 0.29) is 29.0 Å². The van der Waals surface area contributed by atoms with Gasteiger partial charge in [-0.1, -0.05) is 36.4 Å². The molecule has 6 aromatic heterocycles. The lowest BCUT2D eigenvalue weighted by Gasteiger charge is -2.23. The van der Waals surface area contributed by atoms with Crippen LogP contribution >= 0.6 is 0 Å². The van der Waals surface area contributed by atoms with Gasteiger partial charge < -0.3 is 59.7 Å². The molecule has 2 aromatic carbocycles. The van der Waals surface area contributed by atoms with Crippen molar-refractivity contribution < 1.29 is 19.5 Å². The van der Waals surface area contributed by atoms with E-state index in [1.165, 1.54) is 19.4 Å². The summed E-state index contributed by atoms with van der Waals surface area (Å²) in [7, 11) is 15.6. The van der Waals surface area contributed by atoms with Crippen molar-refractivity contribution in [3.8, 4) is 46.4 Å². The van der Waals surface area contributed by atoms with Crippen molar-refractivity contribution in [2.24, 2.45) is 0 Å². The third-order valence-corrected chi connectivity index (χ3v) is 13.2. The molecular weight excluding hydrogens is 993 g/mol. The van der Waals surface area contributed by atoms with Crippen molar-refractivity contribution in [2.75, 3.05) is 116 Å². The number of aromatic nitrogens is 8. The number of para-hydroxylation sites is 2. The molecule has 5 N–H and O–H groups in total. The van der Waals surface area contributed by atoms with Crippen LogP contribution in [0.5, 0.6) is 11.8 Å². The maximum atomic E-state index is 12.0. The molecule has 2 aliphatic carbocycles. The Morgan fingerprint density at radius 2 is 1.10 bits per heavy atom. The number of aliphatic hydroxyl groups excluding tert-OH is 1. The van der Waals surface area contributed by atoms with Crippen LogP contribution in [0.1, 0.15) is 48.9 Å². The molecule has 0 unspecified atom stereocenters. The Morgan fingerprint density at radius 3 is 1.51 bits per heavy atom. The monoisotopic (exact) mass is 1060 g/mol. The van der Waals surface area contributed by atoms with E-state index in [9.17, 15) is 20.6 Å². The number of methoxy groups -OCH3 is 2. The number of hydrogen-bond acceptors (Lipinski definition) is 20. The molecular formula is C55H64N18O5. The number of nitro groups is 1. The summed E-state index contributed by atoms with van der Waals surface area (Å²) in [5.41, 5.74) is 13.2. The topological polar surface area (TPSA) is 280 Å². The molecule has 23 heteroatoms. The maximum absolute atomic E-state index is 12.0. The van der Waals surface area contributed by atoms with Gasteiger partial charge in [-0.15, -0.1) is 0 Å². The summed E-state index contributed by atoms with van der Waals surface area (Å²) >= 11 is 0. The van der Waals surface area contributed by atoms with Crippen molar-refractivity contribution in [3.05, 3.63) is 107 Å². The number of nitrogens with two attached hydrogens (primary N) is 1. The van der Waals surface area contributed by atoms with Gasteiger partial charge in [-0.25, -0.2) is 19.9 Å². The molecule has 404 valence electrons. The van der Waals surface area contributed by atoms with E-state index in [2.05, 4.69) is 86.1 Å². The molecule has 23 nitrogen and oxygen atoms in total. The van der Waals surface area contributed by atoms with Gasteiger partial charge in [0.1, 0.15) is 23.5 Å². The van der Waals surface area contributed by atoms with E-state index < -0.39 is 4.92 Å². The molecule has 6 heterocycles. The fourth-order valence-electron chi connectivity index (χ4n) is 8.90. The average Bonchev–Trinajstić information content (AvgIpc) is 4.46. The van der Waals surface area contributed by atoms with Crippen LogP contribution in [0.2, 0.25) is 0 Å². The predicted octanol–water partition coefficient (Wildman–Crippen LogP) is 8.00. The summed E-state index contributed by atoms with van der Waals surface area (Å²) in [6.45, 7) is 2.85. The van der Waals surface area contributed by atoms with Crippen molar-refractivity contribution in [2.45, 2.75) is 37.8 Å². The summed E-state index contributed by atoms with van der Waals surface area (Å²) in [6, 6.07) is 24.8. The highest BCUT2D eigenvalue weighted by molar-refractivity contribution is 5.98.